The van der Waals surface area contributed by atoms with Crippen molar-refractivity contribution >= 4 is 17.1 Å². The number of hydrogen-bond acceptors (Lipinski definition) is 6. The van der Waals surface area contributed by atoms with Crippen LogP contribution in [0, 0.1) is 0 Å². The summed E-state index contributed by atoms with van der Waals surface area (Å²) in [5.41, 5.74) is 9.81. The van der Waals surface area contributed by atoms with Crippen molar-refractivity contribution in [3.8, 4) is 11.4 Å². The fourth-order valence-electron chi connectivity index (χ4n) is 6.92. The number of carbonyl (C=O) groups is 1. The van der Waals surface area contributed by atoms with Crippen molar-refractivity contribution in [2.75, 3.05) is 59.2 Å². The quantitative estimate of drug-likeness (QED) is 0.275. The Morgan fingerprint density at radius 2 is 1.17 bits per heavy atom. The molecule has 0 N–H and O–H groups in total. The third-order valence-corrected chi connectivity index (χ3v) is 9.47. The second kappa shape index (κ2) is 15.1. The molecule has 2 aliphatic heterocycles. The van der Waals surface area contributed by atoms with Crippen LogP contribution in [0.4, 0.5) is 0 Å². The maximum atomic E-state index is 12.5. The van der Waals surface area contributed by atoms with Crippen LogP contribution in [0.3, 0.4) is 0 Å². The molecule has 2 aromatic heterocycles. The molecule has 8 rings (SSSR count). The number of carbonyl (C=O) groups excluding carboxylic acids is 1. The molecule has 2 aromatic carbocycles. The summed E-state index contributed by atoms with van der Waals surface area (Å²) in [6.45, 7) is 7.45. The summed E-state index contributed by atoms with van der Waals surface area (Å²) in [5, 5.41) is 9.22. The van der Waals surface area contributed by atoms with Gasteiger partial charge in [-0.3, -0.25) is 9.69 Å². The average Bonchev–Trinajstić information content (AvgIpc) is 3.79. The van der Waals surface area contributed by atoms with Crippen LogP contribution in [-0.4, -0.2) is 94.4 Å². The molecule has 2 saturated heterocycles. The Balaban J connectivity index is 0.000000150. The van der Waals surface area contributed by atoms with Crippen molar-refractivity contribution in [1.29, 1.82) is 0 Å². The largest absolute Gasteiger partial charge is 0.379 e. The number of para-hydroxylation sites is 2. The molecule has 47 heavy (non-hydrogen) atoms. The topological polar surface area (TPSA) is 77.7 Å². The highest BCUT2D eigenvalue weighted by molar-refractivity contribution is 5.95. The summed E-state index contributed by atoms with van der Waals surface area (Å²) in [6.07, 6.45) is 14.6. The molecule has 0 spiro atoms. The standard InChI is InChI=1S/C19H21N3O2.C19H23N3O/c23-19(21-9-11-24-12-10-21)13-15-5-4-8-18-17(15)14-20-22(18)16-6-2-1-3-7-16;1-2-6-17(7-3-1)22-19-8-4-5-16(18(19)15-20-22)9-10-21-11-13-23-14-12-21/h1-3,6-7,13-14H,4-5,8-12H2;1-3,6-7,9,15H,4-5,8,10-14H2/b;16-9+. The van der Waals surface area contributed by atoms with E-state index >= 15 is 0 Å². The zero-order chi connectivity index (χ0) is 31.8. The van der Waals surface area contributed by atoms with Gasteiger partial charge in [-0.2, -0.15) is 10.2 Å². The number of fused-ring (bicyclic) bond motifs is 2. The number of benzene rings is 2. The summed E-state index contributed by atoms with van der Waals surface area (Å²) in [5.74, 6) is 0.0913. The Bertz CT molecular complexity index is 1700. The van der Waals surface area contributed by atoms with E-state index in [-0.39, 0.29) is 5.91 Å². The van der Waals surface area contributed by atoms with E-state index in [1.54, 1.807) is 6.08 Å². The number of morpholine rings is 2. The molecule has 0 saturated carbocycles. The molecule has 0 radical (unpaired) electrons. The zero-order valence-electron chi connectivity index (χ0n) is 27.1. The fourth-order valence-corrected chi connectivity index (χ4v) is 6.92. The van der Waals surface area contributed by atoms with Crippen LogP contribution >= 0.6 is 0 Å². The first-order valence-corrected chi connectivity index (χ1v) is 17.1. The fraction of sp³-hybridized carbons (Fsp3) is 0.395. The first kappa shape index (κ1) is 31.3. The highest BCUT2D eigenvalue weighted by atomic mass is 16.5. The number of amides is 1. The molecule has 0 bridgehead atoms. The number of hydrogen-bond donors (Lipinski definition) is 0. The van der Waals surface area contributed by atoms with Crippen LogP contribution in [-0.2, 0) is 27.1 Å². The van der Waals surface area contributed by atoms with Crippen molar-refractivity contribution < 1.29 is 14.3 Å². The summed E-state index contributed by atoms with van der Waals surface area (Å²) in [4.78, 5) is 16.9. The zero-order valence-corrected chi connectivity index (χ0v) is 27.1. The molecular formula is C38H44N6O3. The lowest BCUT2D eigenvalue weighted by molar-refractivity contribution is -0.129. The number of nitrogens with zero attached hydrogens (tertiary/aromatic N) is 6. The van der Waals surface area contributed by atoms with Crippen LogP contribution in [0.25, 0.3) is 22.5 Å². The molecular weight excluding hydrogens is 588 g/mol. The van der Waals surface area contributed by atoms with Gasteiger partial charge in [0, 0.05) is 49.9 Å². The van der Waals surface area contributed by atoms with E-state index < -0.39 is 0 Å². The molecule has 244 valence electrons. The lowest BCUT2D eigenvalue weighted by atomic mass is 9.92. The van der Waals surface area contributed by atoms with Gasteiger partial charge in [-0.1, -0.05) is 42.5 Å². The Hall–Kier alpha value is -4.31. The number of rotatable bonds is 5. The molecule has 9 heteroatoms. The highest BCUT2D eigenvalue weighted by Crippen LogP contribution is 2.33. The summed E-state index contributed by atoms with van der Waals surface area (Å²) < 4.78 is 14.9. The van der Waals surface area contributed by atoms with Gasteiger partial charge in [0.1, 0.15) is 0 Å². The van der Waals surface area contributed by atoms with Gasteiger partial charge in [0.2, 0.25) is 5.91 Å². The van der Waals surface area contributed by atoms with Gasteiger partial charge < -0.3 is 14.4 Å². The van der Waals surface area contributed by atoms with E-state index in [2.05, 4.69) is 62.3 Å². The highest BCUT2D eigenvalue weighted by Gasteiger charge is 2.23. The van der Waals surface area contributed by atoms with Crippen LogP contribution in [0.15, 0.2) is 85.2 Å². The van der Waals surface area contributed by atoms with Crippen LogP contribution < -0.4 is 0 Å². The minimum atomic E-state index is 0.0913. The third-order valence-electron chi connectivity index (χ3n) is 9.47. The van der Waals surface area contributed by atoms with Crippen LogP contribution in [0.2, 0.25) is 0 Å². The average molecular weight is 633 g/mol. The second-order valence-electron chi connectivity index (χ2n) is 12.5. The smallest absolute Gasteiger partial charge is 0.247 e. The molecule has 4 aliphatic rings. The Morgan fingerprint density at radius 1 is 0.660 bits per heavy atom. The van der Waals surface area contributed by atoms with Crippen LogP contribution in [0.1, 0.15) is 48.2 Å². The Morgan fingerprint density at radius 3 is 1.74 bits per heavy atom. The summed E-state index contributed by atoms with van der Waals surface area (Å²) in [7, 11) is 0. The maximum Gasteiger partial charge on any atom is 0.247 e. The lowest BCUT2D eigenvalue weighted by Crippen LogP contribution is -2.39. The number of aromatic nitrogens is 4. The van der Waals surface area contributed by atoms with E-state index in [4.69, 9.17) is 9.47 Å². The first-order valence-electron chi connectivity index (χ1n) is 17.1. The van der Waals surface area contributed by atoms with Gasteiger partial charge in [-0.15, -0.1) is 0 Å². The van der Waals surface area contributed by atoms with Crippen molar-refractivity contribution in [2.24, 2.45) is 0 Å². The molecule has 2 aliphatic carbocycles. The molecule has 4 aromatic rings. The molecule has 2 fully saturated rings. The van der Waals surface area contributed by atoms with Crippen molar-refractivity contribution in [3.63, 3.8) is 0 Å². The monoisotopic (exact) mass is 632 g/mol. The van der Waals surface area contributed by atoms with E-state index in [0.29, 0.717) is 26.3 Å². The molecule has 4 heterocycles. The van der Waals surface area contributed by atoms with E-state index in [0.717, 1.165) is 87.5 Å². The maximum absolute atomic E-state index is 12.5. The molecule has 0 unspecified atom stereocenters. The minimum absolute atomic E-state index is 0.0913. The third kappa shape index (κ3) is 7.32. The Labute approximate surface area is 277 Å². The van der Waals surface area contributed by atoms with Gasteiger partial charge in [0.05, 0.1) is 61.6 Å². The minimum Gasteiger partial charge on any atom is -0.379 e. The second-order valence-corrected chi connectivity index (χ2v) is 12.5. The lowest BCUT2D eigenvalue weighted by Gasteiger charge is -2.26. The van der Waals surface area contributed by atoms with Crippen molar-refractivity contribution in [2.45, 2.75) is 38.5 Å². The van der Waals surface area contributed by atoms with E-state index in [1.807, 2.05) is 46.2 Å². The van der Waals surface area contributed by atoms with Crippen molar-refractivity contribution in [3.05, 3.63) is 108 Å². The predicted octanol–water partition coefficient (Wildman–Crippen LogP) is 5.38. The summed E-state index contributed by atoms with van der Waals surface area (Å²) in [6, 6.07) is 20.6. The molecule has 1 amide bonds. The van der Waals surface area contributed by atoms with Crippen LogP contribution in [0.5, 0.6) is 0 Å². The van der Waals surface area contributed by atoms with E-state index in [1.165, 1.54) is 28.9 Å². The Kier molecular flexibility index (Phi) is 10.0. The van der Waals surface area contributed by atoms with Gasteiger partial charge in [0.25, 0.3) is 0 Å². The SMILES string of the molecule is C(/CN1CCOCC1)=C1/CCCc2c1cnn2-c1ccccc1.O=C(C=C1CCCc2c1cnn2-c1ccccc1)N1CCOCC1. The van der Waals surface area contributed by atoms with Gasteiger partial charge in [-0.25, -0.2) is 9.36 Å². The normalized spacial score (nSPS) is 20.0. The molecule has 9 nitrogen and oxygen atoms in total. The first-order chi connectivity index (χ1) is 23.2. The van der Waals surface area contributed by atoms with Gasteiger partial charge >= 0.3 is 0 Å². The number of ether oxygens (including phenoxy) is 2. The summed E-state index contributed by atoms with van der Waals surface area (Å²) >= 11 is 0. The van der Waals surface area contributed by atoms with Gasteiger partial charge in [0.15, 0.2) is 0 Å². The molecule has 0 atom stereocenters. The van der Waals surface area contributed by atoms with Gasteiger partial charge in [-0.05, 0) is 73.9 Å². The predicted molar refractivity (Wildman–Crippen MR) is 184 cm³/mol. The van der Waals surface area contributed by atoms with E-state index in [9.17, 15) is 4.79 Å². The van der Waals surface area contributed by atoms with Crippen molar-refractivity contribution in [1.82, 2.24) is 29.4 Å². The number of allylic oxidation sites excluding steroid dienone is 2.